The van der Waals surface area contributed by atoms with E-state index >= 15 is 0 Å². The maximum Gasteiger partial charge on any atom is 0.326 e. The van der Waals surface area contributed by atoms with Gasteiger partial charge in [-0.05, 0) is 36.5 Å². The fourth-order valence-electron chi connectivity index (χ4n) is 3.49. The van der Waals surface area contributed by atoms with Crippen molar-refractivity contribution < 1.29 is 23.9 Å². The first-order valence-corrected chi connectivity index (χ1v) is 9.42. The van der Waals surface area contributed by atoms with Gasteiger partial charge in [0.1, 0.15) is 6.54 Å². The molecule has 3 rings (SSSR count). The Kier molecular flexibility index (Phi) is 5.92. The van der Waals surface area contributed by atoms with E-state index in [1.165, 1.54) is 0 Å². The van der Waals surface area contributed by atoms with Crippen molar-refractivity contribution in [2.45, 2.75) is 32.6 Å². The van der Waals surface area contributed by atoms with Gasteiger partial charge in [-0.3, -0.25) is 24.1 Å². The molecular formula is C21H24N2O5. The van der Waals surface area contributed by atoms with Gasteiger partial charge in [-0.25, -0.2) is 0 Å². The minimum Gasteiger partial charge on any atom is -0.454 e. The van der Waals surface area contributed by atoms with Crippen LogP contribution in [-0.2, 0) is 23.9 Å². The quantitative estimate of drug-likeness (QED) is 0.461. The van der Waals surface area contributed by atoms with Crippen LogP contribution in [0.25, 0.3) is 0 Å². The zero-order valence-corrected chi connectivity index (χ0v) is 16.0. The van der Waals surface area contributed by atoms with Crippen LogP contribution in [0.2, 0.25) is 0 Å². The number of fused-ring (bicyclic) bond motifs is 1. The number of hydrogen-bond donors (Lipinski definition) is 1. The van der Waals surface area contributed by atoms with E-state index in [0.717, 1.165) is 10.5 Å². The third-order valence-corrected chi connectivity index (χ3v) is 5.11. The van der Waals surface area contributed by atoms with Gasteiger partial charge < -0.3 is 10.1 Å². The third-order valence-electron chi connectivity index (χ3n) is 5.11. The van der Waals surface area contributed by atoms with Gasteiger partial charge in [0.15, 0.2) is 6.61 Å². The maximum absolute atomic E-state index is 12.3. The average Bonchev–Trinajstić information content (AvgIpc) is 2.92. The maximum atomic E-state index is 12.3. The summed E-state index contributed by atoms with van der Waals surface area (Å²) >= 11 is 0. The number of benzene rings is 1. The van der Waals surface area contributed by atoms with Crippen molar-refractivity contribution in [2.24, 2.45) is 11.8 Å². The molecule has 1 aliphatic carbocycles. The van der Waals surface area contributed by atoms with Crippen molar-refractivity contribution in [2.75, 3.05) is 18.5 Å². The monoisotopic (exact) mass is 384 g/mol. The summed E-state index contributed by atoms with van der Waals surface area (Å²) in [6.07, 6.45) is 4.79. The van der Waals surface area contributed by atoms with Crippen LogP contribution in [0.4, 0.5) is 5.69 Å². The lowest BCUT2D eigenvalue weighted by atomic mass is 9.85. The number of anilines is 1. The predicted molar refractivity (Wildman–Crippen MR) is 102 cm³/mol. The minimum absolute atomic E-state index is 0.342. The van der Waals surface area contributed by atoms with Crippen LogP contribution in [-0.4, -0.2) is 41.7 Å². The summed E-state index contributed by atoms with van der Waals surface area (Å²) in [5.41, 5.74) is 1.76. The summed E-state index contributed by atoms with van der Waals surface area (Å²) in [5, 5.41) is 2.64. The van der Waals surface area contributed by atoms with Crippen LogP contribution in [0.15, 0.2) is 36.4 Å². The van der Waals surface area contributed by atoms with Gasteiger partial charge in [0.2, 0.25) is 11.8 Å². The molecule has 2 atom stereocenters. The number of ether oxygens (including phenoxy) is 1. The molecule has 1 N–H and O–H groups in total. The summed E-state index contributed by atoms with van der Waals surface area (Å²) < 4.78 is 4.94. The summed E-state index contributed by atoms with van der Waals surface area (Å²) in [6.45, 7) is 3.22. The predicted octanol–water partition coefficient (Wildman–Crippen LogP) is 2.24. The second kappa shape index (κ2) is 8.37. The van der Waals surface area contributed by atoms with E-state index < -0.39 is 25.0 Å². The summed E-state index contributed by atoms with van der Waals surface area (Å²) in [7, 11) is 0. The van der Waals surface area contributed by atoms with Gasteiger partial charge in [0, 0.05) is 5.69 Å². The van der Waals surface area contributed by atoms with E-state index in [4.69, 9.17) is 4.74 Å². The van der Waals surface area contributed by atoms with Crippen LogP contribution in [0.5, 0.6) is 0 Å². The number of rotatable bonds is 6. The van der Waals surface area contributed by atoms with Gasteiger partial charge in [0.05, 0.1) is 11.8 Å². The first-order chi connectivity index (χ1) is 13.4. The first-order valence-electron chi connectivity index (χ1n) is 9.42. The number of esters is 1. The van der Waals surface area contributed by atoms with Crippen molar-refractivity contribution in [3.8, 4) is 0 Å². The molecule has 7 heteroatoms. The molecule has 1 fully saturated rings. The van der Waals surface area contributed by atoms with Crippen LogP contribution in [0.3, 0.4) is 0 Å². The van der Waals surface area contributed by atoms with Crippen molar-refractivity contribution in [1.29, 1.82) is 0 Å². The number of nitrogens with zero attached hydrogens (tertiary/aromatic N) is 1. The van der Waals surface area contributed by atoms with Gasteiger partial charge in [-0.15, -0.1) is 0 Å². The highest BCUT2D eigenvalue weighted by atomic mass is 16.5. The van der Waals surface area contributed by atoms with E-state index in [2.05, 4.69) is 19.2 Å². The average molecular weight is 384 g/mol. The molecule has 3 amide bonds. The lowest BCUT2D eigenvalue weighted by molar-refractivity contribution is -0.154. The zero-order chi connectivity index (χ0) is 20.3. The van der Waals surface area contributed by atoms with Crippen LogP contribution in [0, 0.1) is 11.8 Å². The zero-order valence-electron chi connectivity index (χ0n) is 16.0. The molecule has 7 nitrogen and oxygen atoms in total. The van der Waals surface area contributed by atoms with Crippen LogP contribution >= 0.6 is 0 Å². The standard InChI is InChI=1S/C21H24N2O5/c1-13(2)14-7-9-15(10-8-14)22-18(24)12-28-19(25)11-23-20(26)16-5-3-4-6-17(16)21(23)27/h3-4,7-10,13,16-17H,5-6,11-12H2,1-2H3,(H,22,24)/t16-,17+. The molecule has 28 heavy (non-hydrogen) atoms. The fraction of sp³-hybridized carbons (Fsp3) is 0.429. The van der Waals surface area contributed by atoms with E-state index in [0.29, 0.717) is 24.4 Å². The highest BCUT2D eigenvalue weighted by molar-refractivity contribution is 6.07. The van der Waals surface area contributed by atoms with E-state index in [9.17, 15) is 19.2 Å². The molecular weight excluding hydrogens is 360 g/mol. The molecule has 1 saturated heterocycles. The molecule has 0 saturated carbocycles. The Balaban J connectivity index is 1.47. The number of allylic oxidation sites excluding steroid dienone is 2. The Bertz CT molecular complexity index is 787. The largest absolute Gasteiger partial charge is 0.454 e. The van der Waals surface area contributed by atoms with Gasteiger partial charge in [-0.1, -0.05) is 38.1 Å². The summed E-state index contributed by atoms with van der Waals surface area (Å²) in [5.74, 6) is -2.33. The molecule has 148 valence electrons. The normalized spacial score (nSPS) is 21.0. The Labute approximate surface area is 163 Å². The highest BCUT2D eigenvalue weighted by Gasteiger charge is 2.47. The molecule has 2 aliphatic rings. The number of likely N-dealkylation sites (tertiary alicyclic amines) is 1. The Morgan fingerprint density at radius 2 is 1.64 bits per heavy atom. The van der Waals surface area contributed by atoms with Crippen LogP contribution in [0.1, 0.15) is 38.2 Å². The molecule has 1 heterocycles. The third kappa shape index (κ3) is 4.30. The molecule has 1 aliphatic heterocycles. The minimum atomic E-state index is -0.779. The van der Waals surface area contributed by atoms with Crippen molar-refractivity contribution >= 4 is 29.4 Å². The molecule has 1 aromatic rings. The molecule has 0 radical (unpaired) electrons. The Hall–Kier alpha value is -2.96. The molecule has 0 aromatic heterocycles. The Morgan fingerprint density at radius 3 is 2.18 bits per heavy atom. The second-order valence-corrected chi connectivity index (χ2v) is 7.40. The summed E-state index contributed by atoms with van der Waals surface area (Å²) in [6, 6.07) is 7.41. The first kappa shape index (κ1) is 19.8. The molecule has 0 spiro atoms. The van der Waals surface area contributed by atoms with Crippen molar-refractivity contribution in [3.05, 3.63) is 42.0 Å². The summed E-state index contributed by atoms with van der Waals surface area (Å²) in [4.78, 5) is 49.6. The number of nitrogens with one attached hydrogen (secondary N) is 1. The number of carbonyl (C=O) groups excluding carboxylic acids is 4. The molecule has 0 unspecified atom stereocenters. The fourth-order valence-corrected chi connectivity index (χ4v) is 3.49. The lowest BCUT2D eigenvalue weighted by Gasteiger charge is -2.14. The van der Waals surface area contributed by atoms with E-state index in [-0.39, 0.29) is 23.7 Å². The molecule has 1 aromatic carbocycles. The van der Waals surface area contributed by atoms with Gasteiger partial charge >= 0.3 is 5.97 Å². The second-order valence-electron chi connectivity index (χ2n) is 7.40. The number of carbonyl (C=O) groups is 4. The van der Waals surface area contributed by atoms with Crippen LogP contribution < -0.4 is 5.32 Å². The number of amides is 3. The van der Waals surface area contributed by atoms with E-state index in [1.54, 1.807) is 12.1 Å². The van der Waals surface area contributed by atoms with Gasteiger partial charge in [0.25, 0.3) is 5.91 Å². The van der Waals surface area contributed by atoms with Crippen molar-refractivity contribution in [3.63, 3.8) is 0 Å². The number of imide groups is 1. The molecule has 0 bridgehead atoms. The highest BCUT2D eigenvalue weighted by Crippen LogP contribution is 2.34. The number of hydrogen-bond acceptors (Lipinski definition) is 5. The smallest absolute Gasteiger partial charge is 0.326 e. The topological polar surface area (TPSA) is 92.8 Å². The Morgan fingerprint density at radius 1 is 1.07 bits per heavy atom. The van der Waals surface area contributed by atoms with Crippen molar-refractivity contribution in [1.82, 2.24) is 4.90 Å². The van der Waals surface area contributed by atoms with E-state index in [1.807, 2.05) is 24.3 Å². The van der Waals surface area contributed by atoms with Gasteiger partial charge in [-0.2, -0.15) is 0 Å². The SMILES string of the molecule is CC(C)c1ccc(NC(=O)COC(=O)CN2C(=O)[C@H]3CC=CC[C@H]3C2=O)cc1. The lowest BCUT2D eigenvalue weighted by Crippen LogP contribution is -2.37.